The van der Waals surface area contributed by atoms with Crippen LogP contribution in [0.25, 0.3) is 0 Å². The molecule has 0 saturated carbocycles. The van der Waals surface area contributed by atoms with Gasteiger partial charge in [0.2, 0.25) is 0 Å². The van der Waals surface area contributed by atoms with Gasteiger partial charge in [-0.3, -0.25) is 0 Å². The first kappa shape index (κ1) is 52.5. The predicted molar refractivity (Wildman–Crippen MR) is 0 cm³/mol. The summed E-state index contributed by atoms with van der Waals surface area (Å²) in [5.74, 6) is 0. The molecule has 6 heavy (non-hydrogen) atoms. The minimum Gasteiger partial charge on any atom is 0 e. The van der Waals surface area contributed by atoms with Gasteiger partial charge in [0, 0.05) is 122 Å². The summed E-state index contributed by atoms with van der Waals surface area (Å²) in [4.78, 5) is 0. The maximum absolute atomic E-state index is 0. The van der Waals surface area contributed by atoms with Crippen LogP contribution in [0.2, 0.25) is 0 Å². The molecule has 0 spiro atoms. The number of hydrogen-bond donors (Lipinski definition) is 0. The molecule has 0 fully saturated rings. The Labute approximate surface area is 119 Å². The molecule has 0 aliphatic carbocycles. The van der Waals surface area contributed by atoms with Gasteiger partial charge in [0.05, 0.1) is 0 Å². The Morgan fingerprint density at radius 3 is 0.333 bits per heavy atom. The Morgan fingerprint density at radius 2 is 0.333 bits per heavy atom. The first-order chi connectivity index (χ1) is 0. The molecule has 0 N–H and O–H groups in total. The smallest absolute Gasteiger partial charge is 0 e. The van der Waals surface area contributed by atoms with Crippen LogP contribution in [0.4, 0.5) is 0 Å². The van der Waals surface area contributed by atoms with Crippen LogP contribution in [0.15, 0.2) is 0 Å². The van der Waals surface area contributed by atoms with Gasteiger partial charge in [-0.15, -0.1) is 0 Å². The largest absolute Gasteiger partial charge is 0 e. The summed E-state index contributed by atoms with van der Waals surface area (Å²) in [5, 5.41) is 0. The summed E-state index contributed by atoms with van der Waals surface area (Å²) in [6.45, 7) is 0. The van der Waals surface area contributed by atoms with Gasteiger partial charge >= 0.3 is 0 Å². The van der Waals surface area contributed by atoms with E-state index in [1.165, 1.54) is 0 Å². The quantitative estimate of drug-likeness (QED) is 0.481. The molecular weight excluding hydrogens is 457 g/mol. The third kappa shape index (κ3) is 25.0. The van der Waals surface area contributed by atoms with Crippen molar-refractivity contribution in [3.05, 3.63) is 0 Å². The van der Waals surface area contributed by atoms with Gasteiger partial charge in [0.15, 0.2) is 0 Å². The second-order valence-electron chi connectivity index (χ2n) is 0. The normalized spacial score (nSPS) is 0. The zero-order valence-electron chi connectivity index (χ0n) is 1.98. The van der Waals surface area contributed by atoms with Gasteiger partial charge in [-0.2, -0.15) is 0 Å². The molecular formula is Co5Dy. The fourth-order valence-corrected chi connectivity index (χ4v) is 0. The topological polar surface area (TPSA) is 0 Å². The van der Waals surface area contributed by atoms with Crippen molar-refractivity contribution < 1.29 is 122 Å². The summed E-state index contributed by atoms with van der Waals surface area (Å²) in [7, 11) is 0. The van der Waals surface area contributed by atoms with E-state index in [0.29, 0.717) is 0 Å². The Kier molecular flexibility index (Phi) is 324. The summed E-state index contributed by atoms with van der Waals surface area (Å²) in [6.07, 6.45) is 0. The SMILES string of the molecule is [Co].[Co].[Co].[Co].[Co].[Dy]. The molecule has 6 heteroatoms. The van der Waals surface area contributed by atoms with Crippen molar-refractivity contribution in [3.8, 4) is 0 Å². The summed E-state index contributed by atoms with van der Waals surface area (Å²) in [5.41, 5.74) is 0. The number of rotatable bonds is 0. The van der Waals surface area contributed by atoms with Gasteiger partial charge in [-0.25, -0.2) is 0 Å². The molecule has 0 unspecified atom stereocenters. The van der Waals surface area contributed by atoms with Crippen molar-refractivity contribution in [2.24, 2.45) is 0 Å². The molecule has 0 nitrogen and oxygen atoms in total. The molecule has 0 atom stereocenters. The molecule has 0 aromatic carbocycles. The van der Waals surface area contributed by atoms with E-state index in [9.17, 15) is 0 Å². The van der Waals surface area contributed by atoms with Gasteiger partial charge < -0.3 is 0 Å². The van der Waals surface area contributed by atoms with Crippen molar-refractivity contribution in [2.45, 2.75) is 0 Å². The fourth-order valence-electron chi connectivity index (χ4n) is 0. The molecule has 0 saturated heterocycles. The van der Waals surface area contributed by atoms with Gasteiger partial charge in [-0.05, 0) is 0 Å². The average molecular weight is 457 g/mol. The third-order valence-corrected chi connectivity index (χ3v) is 0. The third-order valence-electron chi connectivity index (χ3n) is 0. The van der Waals surface area contributed by atoms with Crippen LogP contribution in [0.3, 0.4) is 0 Å². The minimum absolute atomic E-state index is 0. The van der Waals surface area contributed by atoms with Gasteiger partial charge in [0.25, 0.3) is 0 Å². The fraction of sp³-hybridized carbons (Fsp3) is 0. The molecule has 5 radical (unpaired) electrons. The van der Waals surface area contributed by atoms with Crippen LogP contribution in [-0.2, 0) is 83.9 Å². The summed E-state index contributed by atoms with van der Waals surface area (Å²) in [6, 6.07) is 0. The molecule has 0 rings (SSSR count). The molecule has 0 aliphatic heterocycles. The van der Waals surface area contributed by atoms with E-state index < -0.39 is 0 Å². The maximum atomic E-state index is 0. The predicted octanol–water partition coefficient (Wildman–Crippen LogP) is -0.0125. The molecule has 0 bridgehead atoms. The first-order valence-electron chi connectivity index (χ1n) is 0. The Morgan fingerprint density at radius 1 is 0.333 bits per heavy atom. The van der Waals surface area contributed by atoms with E-state index in [0.717, 1.165) is 0 Å². The van der Waals surface area contributed by atoms with Gasteiger partial charge in [0.1, 0.15) is 0 Å². The van der Waals surface area contributed by atoms with Crippen LogP contribution in [-0.4, -0.2) is 0 Å². The summed E-state index contributed by atoms with van der Waals surface area (Å²) >= 11 is 0. The summed E-state index contributed by atoms with van der Waals surface area (Å²) < 4.78 is 0. The zero-order valence-corrected chi connectivity index (χ0v) is 9.22. The minimum atomic E-state index is 0. The van der Waals surface area contributed by atoms with E-state index in [1.807, 2.05) is 0 Å². The van der Waals surface area contributed by atoms with Crippen LogP contribution in [0, 0.1) is 38.2 Å². The monoisotopic (exact) mass is 459 g/mol. The average Bonchev–Trinajstić information content (AvgIpc) is 0. The molecule has 55 valence electrons. The van der Waals surface area contributed by atoms with E-state index in [2.05, 4.69) is 0 Å². The molecule has 0 amide bonds. The van der Waals surface area contributed by atoms with Crippen molar-refractivity contribution >= 4 is 0 Å². The van der Waals surface area contributed by atoms with Crippen molar-refractivity contribution in [1.82, 2.24) is 0 Å². The Bertz CT molecular complexity index is 3.90. The standard InChI is InChI=1S/5Co.Dy. The van der Waals surface area contributed by atoms with Crippen molar-refractivity contribution in [2.75, 3.05) is 0 Å². The van der Waals surface area contributed by atoms with Crippen LogP contribution in [0.1, 0.15) is 0 Å². The zero-order chi connectivity index (χ0) is 0. The number of hydrogen-bond acceptors (Lipinski definition) is 0. The van der Waals surface area contributed by atoms with Crippen molar-refractivity contribution in [3.63, 3.8) is 0 Å². The first-order valence-corrected chi connectivity index (χ1v) is 0. The van der Waals surface area contributed by atoms with Crippen LogP contribution in [0.5, 0.6) is 0 Å². The molecule has 0 aromatic rings. The second-order valence-corrected chi connectivity index (χ2v) is 0. The van der Waals surface area contributed by atoms with E-state index in [-0.39, 0.29) is 122 Å². The molecule has 0 aliphatic rings. The Hall–Kier alpha value is 3.81. The molecule has 0 heterocycles. The second kappa shape index (κ2) is 37.0. The Balaban J connectivity index is 0. The van der Waals surface area contributed by atoms with Crippen LogP contribution < -0.4 is 0 Å². The maximum Gasteiger partial charge on any atom is 0 e. The molecule has 0 aromatic heterocycles. The van der Waals surface area contributed by atoms with Crippen molar-refractivity contribution in [1.29, 1.82) is 0 Å². The van der Waals surface area contributed by atoms with E-state index in [1.54, 1.807) is 0 Å². The van der Waals surface area contributed by atoms with E-state index in [4.69, 9.17) is 0 Å². The van der Waals surface area contributed by atoms with Gasteiger partial charge in [-0.1, -0.05) is 0 Å². The van der Waals surface area contributed by atoms with Crippen LogP contribution >= 0.6 is 0 Å². The van der Waals surface area contributed by atoms with E-state index >= 15 is 0 Å².